The van der Waals surface area contributed by atoms with Crippen LogP contribution in [0, 0.1) is 0 Å². The van der Waals surface area contributed by atoms with E-state index in [1.165, 1.54) is 0 Å². The molecule has 0 fully saturated rings. The van der Waals surface area contributed by atoms with Gasteiger partial charge < -0.3 is 10.1 Å². The van der Waals surface area contributed by atoms with Crippen molar-refractivity contribution in [3.8, 4) is 5.75 Å². The first-order valence-electron chi connectivity index (χ1n) is 5.13. The van der Waals surface area contributed by atoms with Gasteiger partial charge in [-0.1, -0.05) is 0 Å². The Balaban J connectivity index is 2.17. The van der Waals surface area contributed by atoms with E-state index in [4.69, 9.17) is 4.74 Å². The van der Waals surface area contributed by atoms with Crippen LogP contribution in [-0.2, 0) is 0 Å². The highest BCUT2D eigenvalue weighted by Crippen LogP contribution is 2.25. The first-order chi connectivity index (χ1) is 8.70. The molecular formula is C12H10BrN3O2. The summed E-state index contributed by atoms with van der Waals surface area (Å²) in [6, 6.07) is 8.45. The number of hydrogen-bond acceptors (Lipinski definition) is 4. The Bertz CT molecular complexity index is 561. The van der Waals surface area contributed by atoms with Crippen LogP contribution in [0.5, 0.6) is 5.75 Å². The predicted octanol–water partition coefficient (Wildman–Crippen LogP) is 2.50. The smallest absolute Gasteiger partial charge is 0.256 e. The van der Waals surface area contributed by atoms with Crippen LogP contribution in [0.4, 0.5) is 5.82 Å². The summed E-state index contributed by atoms with van der Waals surface area (Å²) in [6.07, 6.45) is 1.54. The summed E-state index contributed by atoms with van der Waals surface area (Å²) in [5, 5.41) is 10.1. The van der Waals surface area contributed by atoms with Crippen LogP contribution < -0.4 is 10.1 Å². The number of benzene rings is 1. The first kappa shape index (κ1) is 12.5. The number of nitrogens with zero attached hydrogens (tertiary/aromatic N) is 2. The van der Waals surface area contributed by atoms with Crippen LogP contribution in [0.25, 0.3) is 0 Å². The summed E-state index contributed by atoms with van der Waals surface area (Å²) in [6.45, 7) is 0. The number of hydrogen-bond donors (Lipinski definition) is 1. The van der Waals surface area contributed by atoms with Gasteiger partial charge in [-0.25, -0.2) is 0 Å². The monoisotopic (exact) mass is 307 g/mol. The van der Waals surface area contributed by atoms with Gasteiger partial charge in [-0.15, -0.1) is 5.10 Å². The van der Waals surface area contributed by atoms with Crippen molar-refractivity contribution in [3.63, 3.8) is 0 Å². The van der Waals surface area contributed by atoms with Crippen molar-refractivity contribution in [2.45, 2.75) is 0 Å². The number of aromatic nitrogens is 2. The maximum Gasteiger partial charge on any atom is 0.256 e. The van der Waals surface area contributed by atoms with Gasteiger partial charge in [0.1, 0.15) is 5.75 Å². The molecular weight excluding hydrogens is 298 g/mol. The van der Waals surface area contributed by atoms with Gasteiger partial charge in [-0.3, -0.25) is 4.79 Å². The summed E-state index contributed by atoms with van der Waals surface area (Å²) in [4.78, 5) is 11.9. The van der Waals surface area contributed by atoms with E-state index in [-0.39, 0.29) is 5.91 Å². The molecule has 0 aliphatic rings. The maximum absolute atomic E-state index is 11.9. The molecule has 1 aromatic heterocycles. The van der Waals surface area contributed by atoms with Gasteiger partial charge in [0.25, 0.3) is 5.91 Å². The summed E-state index contributed by atoms with van der Waals surface area (Å²) in [7, 11) is 1.57. The maximum atomic E-state index is 11.9. The van der Waals surface area contributed by atoms with E-state index in [2.05, 4.69) is 31.4 Å². The highest BCUT2D eigenvalue weighted by molar-refractivity contribution is 9.10. The van der Waals surface area contributed by atoms with E-state index >= 15 is 0 Å². The standard InChI is InChI=1S/C12H10BrN3O2/c1-18-10-5-4-8(7-9(10)13)12(17)15-11-3-2-6-14-16-11/h2-7H,1H3,(H,15,16,17). The fourth-order valence-electron chi connectivity index (χ4n) is 1.36. The SMILES string of the molecule is COc1ccc(C(=O)Nc2cccnn2)cc1Br. The quantitative estimate of drug-likeness (QED) is 0.946. The van der Waals surface area contributed by atoms with Crippen molar-refractivity contribution in [1.82, 2.24) is 10.2 Å². The minimum Gasteiger partial charge on any atom is -0.496 e. The third kappa shape index (κ3) is 2.84. The molecule has 0 bridgehead atoms. The number of anilines is 1. The lowest BCUT2D eigenvalue weighted by atomic mass is 10.2. The summed E-state index contributed by atoms with van der Waals surface area (Å²) < 4.78 is 5.82. The molecule has 0 aliphatic heterocycles. The van der Waals surface area contributed by atoms with Gasteiger partial charge in [0, 0.05) is 11.8 Å². The van der Waals surface area contributed by atoms with Crippen LogP contribution in [0.3, 0.4) is 0 Å². The lowest BCUT2D eigenvalue weighted by molar-refractivity contribution is 0.102. The van der Waals surface area contributed by atoms with E-state index < -0.39 is 0 Å². The second-order valence-electron chi connectivity index (χ2n) is 3.41. The largest absolute Gasteiger partial charge is 0.496 e. The third-order valence-electron chi connectivity index (χ3n) is 2.23. The molecule has 1 amide bonds. The Morgan fingerprint density at radius 3 is 2.83 bits per heavy atom. The van der Waals surface area contributed by atoms with Gasteiger partial charge in [-0.2, -0.15) is 5.10 Å². The van der Waals surface area contributed by atoms with E-state index in [1.807, 2.05) is 0 Å². The van der Waals surface area contributed by atoms with Crippen molar-refractivity contribution in [2.24, 2.45) is 0 Å². The first-order valence-corrected chi connectivity index (χ1v) is 5.92. The van der Waals surface area contributed by atoms with Crippen LogP contribution in [0.15, 0.2) is 41.0 Å². The summed E-state index contributed by atoms with van der Waals surface area (Å²) >= 11 is 3.33. The normalized spacial score (nSPS) is 9.89. The lowest BCUT2D eigenvalue weighted by Gasteiger charge is -2.06. The molecule has 92 valence electrons. The molecule has 0 atom stereocenters. The number of amides is 1. The zero-order valence-electron chi connectivity index (χ0n) is 9.55. The van der Waals surface area contributed by atoms with Gasteiger partial charge in [-0.05, 0) is 46.3 Å². The average molecular weight is 308 g/mol. The molecule has 1 aromatic carbocycles. The number of ether oxygens (including phenoxy) is 1. The minimum absolute atomic E-state index is 0.251. The minimum atomic E-state index is -0.251. The second-order valence-corrected chi connectivity index (χ2v) is 4.27. The van der Waals surface area contributed by atoms with Crippen LogP contribution in [-0.4, -0.2) is 23.2 Å². The van der Waals surface area contributed by atoms with Gasteiger partial charge in [0.15, 0.2) is 5.82 Å². The molecule has 6 heteroatoms. The highest BCUT2D eigenvalue weighted by Gasteiger charge is 2.09. The Morgan fingerprint density at radius 2 is 2.22 bits per heavy atom. The molecule has 5 nitrogen and oxygen atoms in total. The number of carbonyl (C=O) groups excluding carboxylic acids is 1. The molecule has 0 spiro atoms. The molecule has 1 N–H and O–H groups in total. The zero-order chi connectivity index (χ0) is 13.0. The van der Waals surface area contributed by atoms with E-state index in [0.29, 0.717) is 17.1 Å². The third-order valence-corrected chi connectivity index (χ3v) is 2.85. The zero-order valence-corrected chi connectivity index (χ0v) is 11.1. The van der Waals surface area contributed by atoms with Gasteiger partial charge in [0.05, 0.1) is 11.6 Å². The van der Waals surface area contributed by atoms with Crippen molar-refractivity contribution in [2.75, 3.05) is 12.4 Å². The molecule has 1 heterocycles. The average Bonchev–Trinajstić information content (AvgIpc) is 2.39. The molecule has 0 unspecified atom stereocenters. The van der Waals surface area contributed by atoms with Crippen molar-refractivity contribution in [1.29, 1.82) is 0 Å². The van der Waals surface area contributed by atoms with Crippen molar-refractivity contribution < 1.29 is 9.53 Å². The molecule has 0 saturated carbocycles. The molecule has 0 radical (unpaired) electrons. The van der Waals surface area contributed by atoms with Crippen molar-refractivity contribution >= 4 is 27.7 Å². The van der Waals surface area contributed by atoms with Crippen LogP contribution >= 0.6 is 15.9 Å². The molecule has 0 aliphatic carbocycles. The molecule has 18 heavy (non-hydrogen) atoms. The Morgan fingerprint density at radius 1 is 1.39 bits per heavy atom. The van der Waals surface area contributed by atoms with Gasteiger partial charge in [0.2, 0.25) is 0 Å². The summed E-state index contributed by atoms with van der Waals surface area (Å²) in [5.74, 6) is 0.833. The number of rotatable bonds is 3. The van der Waals surface area contributed by atoms with Crippen LogP contribution in [0.1, 0.15) is 10.4 Å². The van der Waals surface area contributed by atoms with Crippen molar-refractivity contribution in [3.05, 3.63) is 46.6 Å². The second kappa shape index (κ2) is 5.59. The Labute approximate surface area is 112 Å². The van der Waals surface area contributed by atoms with E-state index in [1.54, 1.807) is 43.6 Å². The number of carbonyl (C=O) groups is 1. The number of nitrogens with one attached hydrogen (secondary N) is 1. The van der Waals surface area contributed by atoms with E-state index in [0.717, 1.165) is 4.47 Å². The molecule has 2 aromatic rings. The fourth-order valence-corrected chi connectivity index (χ4v) is 1.90. The summed E-state index contributed by atoms with van der Waals surface area (Å²) in [5.41, 5.74) is 0.508. The van der Waals surface area contributed by atoms with E-state index in [9.17, 15) is 4.79 Å². The fraction of sp³-hybridized carbons (Fsp3) is 0.0833. The topological polar surface area (TPSA) is 64.1 Å². The Kier molecular flexibility index (Phi) is 3.88. The number of methoxy groups -OCH3 is 1. The highest BCUT2D eigenvalue weighted by atomic mass is 79.9. The Hall–Kier alpha value is -1.95. The molecule has 2 rings (SSSR count). The van der Waals surface area contributed by atoms with Crippen LogP contribution in [0.2, 0.25) is 0 Å². The molecule has 0 saturated heterocycles. The van der Waals surface area contributed by atoms with Gasteiger partial charge >= 0.3 is 0 Å². The predicted molar refractivity (Wildman–Crippen MR) is 70.7 cm³/mol. The number of halogens is 1. The lowest BCUT2D eigenvalue weighted by Crippen LogP contribution is -2.13.